The molecule has 0 bridgehead atoms. The molecule has 1 amide bonds. The molecule has 0 aliphatic carbocycles. The van der Waals surface area contributed by atoms with Crippen LogP contribution in [0.5, 0.6) is 5.75 Å². The number of aliphatic hydroxyl groups is 1. The molecule has 1 aromatic carbocycles. The Hall–Kier alpha value is -3.53. The average Bonchev–Trinajstić information content (AvgIpc) is 2.74. The number of halogens is 2. The second-order valence-electron chi connectivity index (χ2n) is 7.01. The van der Waals surface area contributed by atoms with Gasteiger partial charge in [-0.25, -0.2) is 13.8 Å². The van der Waals surface area contributed by atoms with E-state index < -0.39 is 34.4 Å². The first-order valence-electron chi connectivity index (χ1n) is 9.62. The summed E-state index contributed by atoms with van der Waals surface area (Å²) in [6.07, 6.45) is 4.22. The summed E-state index contributed by atoms with van der Waals surface area (Å²) in [6, 6.07) is 4.33. The molecule has 2 heterocycles. The first-order valence-corrected chi connectivity index (χ1v) is 9.62. The lowest BCUT2D eigenvalue weighted by molar-refractivity contribution is 0.0940. The van der Waals surface area contributed by atoms with Gasteiger partial charge in [0.1, 0.15) is 17.4 Å². The Morgan fingerprint density at radius 2 is 1.94 bits per heavy atom. The zero-order valence-corrected chi connectivity index (χ0v) is 16.4. The SMILES string of the molecule is O=C(NCc1ccc(F)cc1F)c1c(O)c2cc(CCCCCO)cnc2n(O)c1=O. The molecule has 0 saturated carbocycles. The third-order valence-electron chi connectivity index (χ3n) is 4.83. The number of carbonyl (C=O) groups is 1. The van der Waals surface area contributed by atoms with Crippen LogP contribution in [-0.2, 0) is 13.0 Å². The van der Waals surface area contributed by atoms with Crippen molar-refractivity contribution in [2.45, 2.75) is 32.2 Å². The normalized spacial score (nSPS) is 11.1. The van der Waals surface area contributed by atoms with Crippen LogP contribution in [0.25, 0.3) is 11.0 Å². The maximum atomic E-state index is 13.8. The fourth-order valence-corrected chi connectivity index (χ4v) is 3.17. The van der Waals surface area contributed by atoms with Crippen LogP contribution in [0.3, 0.4) is 0 Å². The third kappa shape index (κ3) is 4.80. The molecule has 10 heteroatoms. The summed E-state index contributed by atoms with van der Waals surface area (Å²) in [6.45, 7) is -0.274. The van der Waals surface area contributed by atoms with Crippen molar-refractivity contribution in [1.82, 2.24) is 15.0 Å². The first-order chi connectivity index (χ1) is 14.8. The highest BCUT2D eigenvalue weighted by atomic mass is 19.1. The number of unbranched alkanes of at least 4 members (excludes halogenated alkanes) is 2. The Labute approximate surface area is 175 Å². The van der Waals surface area contributed by atoms with Crippen molar-refractivity contribution < 1.29 is 29.0 Å². The number of pyridine rings is 2. The molecule has 31 heavy (non-hydrogen) atoms. The summed E-state index contributed by atoms with van der Waals surface area (Å²) in [5.41, 5.74) is -1.45. The molecule has 3 rings (SSSR count). The number of carbonyl (C=O) groups excluding carboxylic acids is 1. The van der Waals surface area contributed by atoms with Gasteiger partial charge in [0.2, 0.25) is 0 Å². The Bertz CT molecular complexity index is 1180. The quantitative estimate of drug-likeness (QED) is 0.319. The molecule has 0 fully saturated rings. The molecule has 3 aromatic rings. The molecule has 164 valence electrons. The van der Waals surface area contributed by atoms with Crippen LogP contribution in [0, 0.1) is 11.6 Å². The Kier molecular flexibility index (Phi) is 6.81. The molecular weight excluding hydrogens is 412 g/mol. The third-order valence-corrected chi connectivity index (χ3v) is 4.83. The van der Waals surface area contributed by atoms with Gasteiger partial charge in [0.15, 0.2) is 11.2 Å². The molecule has 0 saturated heterocycles. The number of amides is 1. The maximum Gasteiger partial charge on any atom is 0.301 e. The van der Waals surface area contributed by atoms with Gasteiger partial charge in [-0.15, -0.1) is 4.73 Å². The Morgan fingerprint density at radius 3 is 2.65 bits per heavy atom. The van der Waals surface area contributed by atoms with Crippen LogP contribution in [0.1, 0.15) is 40.7 Å². The van der Waals surface area contributed by atoms with E-state index in [1.165, 1.54) is 12.3 Å². The molecule has 2 aromatic heterocycles. The summed E-state index contributed by atoms with van der Waals surface area (Å²) >= 11 is 0. The van der Waals surface area contributed by atoms with E-state index in [0.717, 1.165) is 25.0 Å². The van der Waals surface area contributed by atoms with E-state index >= 15 is 0 Å². The van der Waals surface area contributed by atoms with Gasteiger partial charge < -0.3 is 20.7 Å². The molecule has 0 atom stereocenters. The van der Waals surface area contributed by atoms with Gasteiger partial charge in [0.25, 0.3) is 5.91 Å². The Balaban J connectivity index is 1.89. The number of nitrogens with zero attached hydrogens (tertiary/aromatic N) is 2. The largest absolute Gasteiger partial charge is 0.506 e. The number of fused-ring (bicyclic) bond motifs is 1. The van der Waals surface area contributed by atoms with Crippen LogP contribution in [0.2, 0.25) is 0 Å². The molecule has 0 radical (unpaired) electrons. The van der Waals surface area contributed by atoms with Crippen molar-refractivity contribution >= 4 is 16.9 Å². The molecule has 4 N–H and O–H groups in total. The summed E-state index contributed by atoms with van der Waals surface area (Å²) in [7, 11) is 0. The minimum atomic E-state index is -1.19. The number of rotatable bonds is 8. The van der Waals surface area contributed by atoms with Crippen LogP contribution in [-0.4, -0.2) is 37.6 Å². The van der Waals surface area contributed by atoms with E-state index in [-0.39, 0.29) is 34.5 Å². The molecule has 8 nitrogen and oxygen atoms in total. The van der Waals surface area contributed by atoms with Crippen LogP contribution >= 0.6 is 0 Å². The fourth-order valence-electron chi connectivity index (χ4n) is 3.17. The van der Waals surface area contributed by atoms with Crippen molar-refractivity contribution in [3.63, 3.8) is 0 Å². The van der Waals surface area contributed by atoms with Crippen molar-refractivity contribution in [3.05, 3.63) is 69.1 Å². The smallest absolute Gasteiger partial charge is 0.301 e. The van der Waals surface area contributed by atoms with Gasteiger partial charge in [0, 0.05) is 31.0 Å². The van der Waals surface area contributed by atoms with Crippen LogP contribution in [0.15, 0.2) is 35.3 Å². The zero-order chi connectivity index (χ0) is 22.5. The monoisotopic (exact) mass is 433 g/mol. The number of aryl methyl sites for hydroxylation is 1. The highest BCUT2D eigenvalue weighted by Gasteiger charge is 2.23. The van der Waals surface area contributed by atoms with E-state index in [0.29, 0.717) is 24.5 Å². The lowest BCUT2D eigenvalue weighted by Crippen LogP contribution is -2.33. The lowest BCUT2D eigenvalue weighted by atomic mass is 10.1. The summed E-state index contributed by atoms with van der Waals surface area (Å²) < 4.78 is 26.9. The van der Waals surface area contributed by atoms with E-state index in [4.69, 9.17) is 5.11 Å². The van der Waals surface area contributed by atoms with E-state index in [9.17, 15) is 28.7 Å². The van der Waals surface area contributed by atoms with Crippen molar-refractivity contribution in [3.8, 4) is 5.75 Å². The molecule has 0 spiro atoms. The maximum absolute atomic E-state index is 13.8. The molecular formula is C21H21F2N3O5. The van der Waals surface area contributed by atoms with Gasteiger partial charge in [-0.05, 0) is 37.0 Å². The van der Waals surface area contributed by atoms with Gasteiger partial charge >= 0.3 is 5.56 Å². The number of benzene rings is 1. The van der Waals surface area contributed by atoms with E-state index in [1.54, 1.807) is 0 Å². The van der Waals surface area contributed by atoms with Gasteiger partial charge in [0.05, 0.1) is 5.39 Å². The van der Waals surface area contributed by atoms with Gasteiger partial charge in [-0.3, -0.25) is 9.59 Å². The lowest BCUT2D eigenvalue weighted by Gasteiger charge is -2.12. The molecule has 0 aliphatic heterocycles. The summed E-state index contributed by atoms with van der Waals surface area (Å²) in [5.74, 6) is -3.35. The number of hydrogen-bond donors (Lipinski definition) is 4. The van der Waals surface area contributed by atoms with Crippen molar-refractivity contribution in [2.75, 3.05) is 6.61 Å². The molecule has 0 unspecified atom stereocenters. The fraction of sp³-hybridized carbons (Fsp3) is 0.286. The van der Waals surface area contributed by atoms with Crippen molar-refractivity contribution in [2.24, 2.45) is 0 Å². The predicted molar refractivity (Wildman–Crippen MR) is 107 cm³/mol. The standard InChI is InChI=1S/C21H21F2N3O5/c22-14-6-5-13(16(23)9-14)11-25-20(29)17-18(28)15-8-12(4-2-1-3-7-27)10-24-19(15)26(31)21(17)30/h5-6,8-10,27-28,31H,1-4,7,11H2,(H,25,29). The number of aromatic nitrogens is 2. The second-order valence-corrected chi connectivity index (χ2v) is 7.01. The molecule has 0 aliphatic rings. The van der Waals surface area contributed by atoms with Gasteiger partial charge in [-0.2, -0.15) is 0 Å². The highest BCUT2D eigenvalue weighted by Crippen LogP contribution is 2.26. The van der Waals surface area contributed by atoms with Gasteiger partial charge in [-0.1, -0.05) is 12.5 Å². The minimum Gasteiger partial charge on any atom is -0.506 e. The minimum absolute atomic E-state index is 0.000120. The second kappa shape index (κ2) is 9.52. The number of nitrogens with one attached hydrogen (secondary N) is 1. The van der Waals surface area contributed by atoms with Crippen LogP contribution < -0.4 is 10.9 Å². The summed E-state index contributed by atoms with van der Waals surface area (Å²) in [4.78, 5) is 28.9. The zero-order valence-electron chi connectivity index (χ0n) is 16.4. The summed E-state index contributed by atoms with van der Waals surface area (Å²) in [5, 5.41) is 31.8. The topological polar surface area (TPSA) is 125 Å². The van der Waals surface area contributed by atoms with E-state index in [2.05, 4.69) is 10.3 Å². The first kappa shape index (κ1) is 22.2. The number of aliphatic hydroxyl groups excluding tert-OH is 1. The van der Waals surface area contributed by atoms with Crippen LogP contribution in [0.4, 0.5) is 8.78 Å². The van der Waals surface area contributed by atoms with E-state index in [1.807, 2.05) is 0 Å². The predicted octanol–water partition coefficient (Wildman–Crippen LogP) is 2.25. The Morgan fingerprint density at radius 1 is 1.16 bits per heavy atom. The average molecular weight is 433 g/mol. The van der Waals surface area contributed by atoms with Crippen molar-refractivity contribution in [1.29, 1.82) is 0 Å². The number of aromatic hydroxyl groups is 1. The number of hydrogen-bond acceptors (Lipinski definition) is 6. The highest BCUT2D eigenvalue weighted by molar-refractivity contribution is 6.01.